The highest BCUT2D eigenvalue weighted by molar-refractivity contribution is 5.77. The Labute approximate surface area is 250 Å². The molecule has 0 saturated carbocycles. The Hall–Kier alpha value is -3.20. The van der Waals surface area contributed by atoms with Crippen molar-refractivity contribution in [3.05, 3.63) is 99.5 Å². The molecule has 0 aromatic heterocycles. The maximum absolute atomic E-state index is 13.3. The van der Waals surface area contributed by atoms with E-state index in [1.165, 1.54) is 16.9 Å². The zero-order valence-electron chi connectivity index (χ0n) is 23.8. The minimum Gasteiger partial charge on any atom is -1.00 e. The van der Waals surface area contributed by atoms with Gasteiger partial charge in [0.2, 0.25) is 6.79 Å². The number of allylic oxidation sites excluding steroid dienone is 3. The Morgan fingerprint density at radius 3 is 2.48 bits per heavy atom. The van der Waals surface area contributed by atoms with Crippen molar-refractivity contribution in [2.45, 2.75) is 57.7 Å². The zero-order chi connectivity index (χ0) is 28.6. The minimum absolute atomic E-state index is 0. The van der Waals surface area contributed by atoms with Gasteiger partial charge in [0.05, 0.1) is 19.2 Å². The molecule has 6 rings (SSSR count). The first-order chi connectivity index (χ1) is 19.9. The van der Waals surface area contributed by atoms with Crippen molar-refractivity contribution in [3.8, 4) is 11.5 Å². The quantitative estimate of drug-likeness (QED) is 0.449. The van der Waals surface area contributed by atoms with Gasteiger partial charge in [0, 0.05) is 36.2 Å². The van der Waals surface area contributed by atoms with Crippen molar-refractivity contribution in [3.63, 3.8) is 0 Å². The predicted molar refractivity (Wildman–Crippen MR) is 149 cm³/mol. The third kappa shape index (κ3) is 5.85. The maximum Gasteiger partial charge on any atom is 0.416 e. The van der Waals surface area contributed by atoms with Gasteiger partial charge >= 0.3 is 6.18 Å². The van der Waals surface area contributed by atoms with E-state index in [9.17, 15) is 13.2 Å². The van der Waals surface area contributed by atoms with Gasteiger partial charge in [-0.3, -0.25) is 4.90 Å². The van der Waals surface area contributed by atoms with E-state index in [1.54, 1.807) is 19.2 Å². The predicted octanol–water partition coefficient (Wildman–Crippen LogP) is 3.17. The number of unbranched alkanes of at least 4 members (excludes halogenated alkanes) is 3. The monoisotopic (exact) mass is 601 g/mol. The van der Waals surface area contributed by atoms with Crippen LogP contribution in [0.1, 0.15) is 54.9 Å². The lowest BCUT2D eigenvalue weighted by atomic mass is 9.79. The van der Waals surface area contributed by atoms with E-state index < -0.39 is 11.7 Å². The molecule has 1 aliphatic carbocycles. The topological polar surface area (TPSA) is 41.4 Å². The number of nitrogens with one attached hydrogen (secondary N) is 1. The highest BCUT2D eigenvalue weighted by Crippen LogP contribution is 2.43. The number of benzene rings is 2. The number of rotatable bonds is 9. The van der Waals surface area contributed by atoms with Crippen LogP contribution in [-0.4, -0.2) is 33.2 Å². The van der Waals surface area contributed by atoms with Crippen molar-refractivity contribution < 1.29 is 49.4 Å². The molecule has 224 valence electrons. The number of hydrogen-bond acceptors (Lipinski definition) is 4. The van der Waals surface area contributed by atoms with Crippen molar-refractivity contribution in [1.82, 2.24) is 0 Å². The van der Waals surface area contributed by atoms with Crippen LogP contribution in [0.4, 0.5) is 13.2 Å². The van der Waals surface area contributed by atoms with Crippen molar-refractivity contribution in [1.29, 1.82) is 0 Å². The van der Waals surface area contributed by atoms with Gasteiger partial charge in [-0.05, 0) is 53.5 Å². The average Bonchev–Trinajstić information content (AvgIpc) is 3.43. The summed E-state index contributed by atoms with van der Waals surface area (Å²) in [5, 5.41) is 0. The standard InChI is InChI=1S/C33H34F3NO4.ClH/c1-3-4-5-6-15-39-32-27-19-37-14-13-22-17-29-30(41-20-40-29)18-25(22)31(37)26(24(27)11-12-28(32)38-2)16-21-7-9-23(10-8-21)33(34,35)36;/h7-12,17-19,32H,3-6,13-16,20H2,1-2H3;1H. The van der Waals surface area contributed by atoms with Gasteiger partial charge in [-0.2, -0.15) is 13.2 Å². The lowest BCUT2D eigenvalue weighted by Crippen LogP contribution is -3.06. The second-order valence-corrected chi connectivity index (χ2v) is 10.9. The summed E-state index contributed by atoms with van der Waals surface area (Å²) < 4.78 is 63.5. The normalized spacial score (nSPS) is 20.5. The number of fused-ring (bicyclic) bond motifs is 5. The lowest BCUT2D eigenvalue weighted by molar-refractivity contribution is -0.771. The number of halogens is 4. The molecule has 0 saturated heterocycles. The molecule has 42 heavy (non-hydrogen) atoms. The molecule has 0 spiro atoms. The van der Waals surface area contributed by atoms with E-state index >= 15 is 0 Å². The molecule has 2 aromatic rings. The van der Waals surface area contributed by atoms with Crippen molar-refractivity contribution >= 4 is 5.70 Å². The summed E-state index contributed by atoms with van der Waals surface area (Å²) in [6, 6.07) is 9.62. The SMILES string of the molecule is CCCCCCOC1C(OC)=CC=C2C1=C[NH+]1CCc3cc4c(cc3C1=C2Cc1ccc(C(F)(F)F)cc1)OCO4.[Cl-]. The molecule has 2 aromatic carbocycles. The first kappa shape index (κ1) is 30.3. The van der Waals surface area contributed by atoms with Crippen LogP contribution in [0.5, 0.6) is 11.5 Å². The maximum atomic E-state index is 13.3. The first-order valence-corrected chi connectivity index (χ1v) is 14.4. The largest absolute Gasteiger partial charge is 1.00 e. The van der Waals surface area contributed by atoms with Gasteiger partial charge in [0.15, 0.2) is 11.5 Å². The third-order valence-electron chi connectivity index (χ3n) is 8.26. The fraction of sp³-hybridized carbons (Fsp3) is 0.394. The van der Waals surface area contributed by atoms with E-state index in [2.05, 4.69) is 31.3 Å². The number of hydrogen-bond donors (Lipinski definition) is 1. The summed E-state index contributed by atoms with van der Waals surface area (Å²) in [7, 11) is 1.67. The summed E-state index contributed by atoms with van der Waals surface area (Å²) in [5.74, 6) is 2.23. The number of ether oxygens (including phenoxy) is 4. The number of alkyl halides is 3. The summed E-state index contributed by atoms with van der Waals surface area (Å²) in [6.45, 7) is 3.85. The van der Waals surface area contributed by atoms with Crippen LogP contribution < -0.4 is 26.8 Å². The molecule has 0 fully saturated rings. The van der Waals surface area contributed by atoms with Crippen LogP contribution >= 0.6 is 0 Å². The molecule has 0 radical (unpaired) electrons. The summed E-state index contributed by atoms with van der Waals surface area (Å²) in [6.07, 6.45) is 7.32. The minimum atomic E-state index is -4.37. The van der Waals surface area contributed by atoms with Gasteiger partial charge in [0.25, 0.3) is 0 Å². The summed E-state index contributed by atoms with van der Waals surface area (Å²) >= 11 is 0. The molecule has 3 heterocycles. The summed E-state index contributed by atoms with van der Waals surface area (Å²) in [4.78, 5) is 1.20. The lowest BCUT2D eigenvalue weighted by Gasteiger charge is -2.36. The smallest absolute Gasteiger partial charge is 0.416 e. The number of methoxy groups -OCH3 is 1. The highest BCUT2D eigenvalue weighted by Gasteiger charge is 2.40. The number of quaternary nitrogens is 1. The van der Waals surface area contributed by atoms with E-state index in [4.69, 9.17) is 18.9 Å². The molecule has 9 heteroatoms. The molecule has 0 bridgehead atoms. The van der Waals surface area contributed by atoms with Crippen LogP contribution in [0.25, 0.3) is 5.70 Å². The molecule has 1 N–H and O–H groups in total. The Balaban J connectivity index is 0.00000353. The van der Waals surface area contributed by atoms with Crippen molar-refractivity contribution in [2.75, 3.05) is 27.1 Å². The Morgan fingerprint density at radius 2 is 1.76 bits per heavy atom. The molecule has 2 atom stereocenters. The van der Waals surface area contributed by atoms with E-state index in [0.717, 1.165) is 89.4 Å². The molecule has 5 nitrogen and oxygen atoms in total. The van der Waals surface area contributed by atoms with Gasteiger partial charge < -0.3 is 31.4 Å². The Bertz CT molecular complexity index is 1440. The molecule has 3 aliphatic heterocycles. The second kappa shape index (κ2) is 12.6. The molecular weight excluding hydrogens is 567 g/mol. The molecule has 2 unspecified atom stereocenters. The van der Waals surface area contributed by atoms with Crippen LogP contribution in [0.2, 0.25) is 0 Å². The van der Waals surface area contributed by atoms with Gasteiger partial charge in [-0.15, -0.1) is 0 Å². The van der Waals surface area contributed by atoms with Crippen LogP contribution in [-0.2, 0) is 28.5 Å². The zero-order valence-corrected chi connectivity index (χ0v) is 24.5. The average molecular weight is 602 g/mol. The van der Waals surface area contributed by atoms with Crippen LogP contribution in [0, 0.1) is 0 Å². The van der Waals surface area contributed by atoms with Crippen LogP contribution in [0.15, 0.2) is 77.2 Å². The van der Waals surface area contributed by atoms with Crippen molar-refractivity contribution in [2.24, 2.45) is 0 Å². The fourth-order valence-corrected chi connectivity index (χ4v) is 6.16. The fourth-order valence-electron chi connectivity index (χ4n) is 6.16. The van der Waals surface area contributed by atoms with E-state index in [0.29, 0.717) is 18.8 Å². The summed E-state index contributed by atoms with van der Waals surface area (Å²) in [5.41, 5.74) is 6.72. The second-order valence-electron chi connectivity index (χ2n) is 10.9. The van der Waals surface area contributed by atoms with E-state index in [-0.39, 0.29) is 25.3 Å². The Morgan fingerprint density at radius 1 is 1.00 bits per heavy atom. The highest BCUT2D eigenvalue weighted by atomic mass is 35.5. The van der Waals surface area contributed by atoms with Gasteiger partial charge in [0.1, 0.15) is 23.8 Å². The van der Waals surface area contributed by atoms with E-state index in [1.807, 2.05) is 6.08 Å². The third-order valence-corrected chi connectivity index (χ3v) is 8.26. The Kier molecular flexibility index (Phi) is 9.06. The first-order valence-electron chi connectivity index (χ1n) is 14.4. The molecule has 4 aliphatic rings. The molecule has 0 amide bonds. The van der Waals surface area contributed by atoms with Gasteiger partial charge in [-0.1, -0.05) is 44.4 Å². The molecular formula is C33H35ClF3NO4. The van der Waals surface area contributed by atoms with Gasteiger partial charge in [-0.25, -0.2) is 0 Å². The van der Waals surface area contributed by atoms with Crippen LogP contribution in [0.3, 0.4) is 0 Å².